The molecule has 20 heavy (non-hydrogen) atoms. The molecule has 1 N–H and O–H groups in total. The monoisotopic (exact) mass is 274 g/mol. The first-order valence-electron chi connectivity index (χ1n) is 6.61. The molecule has 0 saturated heterocycles. The second kappa shape index (κ2) is 5.77. The van der Waals surface area contributed by atoms with Crippen LogP contribution >= 0.6 is 0 Å². The molecule has 0 atom stereocenters. The Balaban J connectivity index is 2.60. The number of carbonyl (C=O) groups excluding carboxylic acids is 1. The van der Waals surface area contributed by atoms with Gasteiger partial charge in [0.15, 0.2) is 0 Å². The molecule has 2 aromatic rings. The van der Waals surface area contributed by atoms with Crippen LogP contribution in [-0.2, 0) is 4.74 Å². The molecule has 0 aliphatic carbocycles. The van der Waals surface area contributed by atoms with Crippen molar-refractivity contribution in [3.63, 3.8) is 0 Å². The highest BCUT2D eigenvalue weighted by Crippen LogP contribution is 2.18. The van der Waals surface area contributed by atoms with Crippen LogP contribution in [0.3, 0.4) is 0 Å². The summed E-state index contributed by atoms with van der Waals surface area (Å²) < 4.78 is 4.71. The smallest absolute Gasteiger partial charge is 0.337 e. The Kier molecular flexibility index (Phi) is 4.08. The molecule has 0 spiro atoms. The van der Waals surface area contributed by atoms with Gasteiger partial charge in [-0.1, -0.05) is 0 Å². The van der Waals surface area contributed by atoms with Crippen LogP contribution in [0.25, 0.3) is 10.9 Å². The van der Waals surface area contributed by atoms with Crippen LogP contribution in [-0.4, -0.2) is 31.2 Å². The van der Waals surface area contributed by atoms with E-state index in [1.165, 1.54) is 7.11 Å². The highest BCUT2D eigenvalue weighted by molar-refractivity contribution is 5.95. The molecule has 5 nitrogen and oxygen atoms in total. The SMILES string of the molecule is CCN(CC)c1cc2cc(C(=O)OC)ccc2[nH]c1=O. The quantitative estimate of drug-likeness (QED) is 0.868. The van der Waals surface area contributed by atoms with Crippen molar-refractivity contribution in [2.45, 2.75) is 13.8 Å². The number of aromatic amines is 1. The maximum absolute atomic E-state index is 12.1. The van der Waals surface area contributed by atoms with Crippen LogP contribution in [0.5, 0.6) is 0 Å². The highest BCUT2D eigenvalue weighted by Gasteiger charge is 2.11. The second-order valence-corrected chi connectivity index (χ2v) is 4.45. The van der Waals surface area contributed by atoms with Gasteiger partial charge in [-0.2, -0.15) is 0 Å². The first-order chi connectivity index (χ1) is 9.60. The zero-order valence-corrected chi connectivity index (χ0v) is 11.9. The normalized spacial score (nSPS) is 10.6. The largest absolute Gasteiger partial charge is 0.465 e. The third kappa shape index (κ3) is 2.52. The summed E-state index contributed by atoms with van der Waals surface area (Å²) in [6.07, 6.45) is 0. The minimum Gasteiger partial charge on any atom is -0.465 e. The Morgan fingerprint density at radius 1 is 1.25 bits per heavy atom. The maximum Gasteiger partial charge on any atom is 0.337 e. The van der Waals surface area contributed by atoms with Crippen molar-refractivity contribution in [2.24, 2.45) is 0 Å². The molecule has 0 radical (unpaired) electrons. The van der Waals surface area contributed by atoms with Crippen LogP contribution in [0.1, 0.15) is 24.2 Å². The summed E-state index contributed by atoms with van der Waals surface area (Å²) in [5.74, 6) is -0.387. The number of fused-ring (bicyclic) bond motifs is 1. The summed E-state index contributed by atoms with van der Waals surface area (Å²) in [5, 5.41) is 0.814. The van der Waals surface area contributed by atoms with Crippen molar-refractivity contribution in [1.29, 1.82) is 0 Å². The van der Waals surface area contributed by atoms with E-state index in [2.05, 4.69) is 4.98 Å². The highest BCUT2D eigenvalue weighted by atomic mass is 16.5. The minimum absolute atomic E-state index is 0.119. The predicted molar refractivity (Wildman–Crippen MR) is 79.5 cm³/mol. The fourth-order valence-corrected chi connectivity index (χ4v) is 2.24. The van der Waals surface area contributed by atoms with Gasteiger partial charge in [-0.3, -0.25) is 4.79 Å². The number of nitrogens with zero attached hydrogens (tertiary/aromatic N) is 1. The molecule has 0 amide bonds. The average Bonchev–Trinajstić information content (AvgIpc) is 2.47. The maximum atomic E-state index is 12.1. The van der Waals surface area contributed by atoms with Gasteiger partial charge in [-0.05, 0) is 38.1 Å². The Labute approximate surface area is 117 Å². The molecule has 0 unspecified atom stereocenters. The first kappa shape index (κ1) is 14.1. The Hall–Kier alpha value is -2.30. The Morgan fingerprint density at radius 2 is 1.95 bits per heavy atom. The number of H-pyrrole nitrogens is 1. The number of pyridine rings is 1. The van der Waals surface area contributed by atoms with E-state index in [0.29, 0.717) is 16.8 Å². The molecule has 1 aromatic heterocycles. The lowest BCUT2D eigenvalue weighted by Crippen LogP contribution is -2.28. The lowest BCUT2D eigenvalue weighted by atomic mass is 10.1. The van der Waals surface area contributed by atoms with Crippen molar-refractivity contribution in [2.75, 3.05) is 25.1 Å². The standard InChI is InChI=1S/C15H18N2O3/c1-4-17(5-2)13-9-11-8-10(15(19)20-3)6-7-12(11)16-14(13)18/h6-9H,4-5H2,1-3H3,(H,16,18). The van der Waals surface area contributed by atoms with E-state index < -0.39 is 0 Å². The van der Waals surface area contributed by atoms with E-state index in [9.17, 15) is 9.59 Å². The number of benzene rings is 1. The number of anilines is 1. The number of esters is 1. The summed E-state index contributed by atoms with van der Waals surface area (Å²) in [4.78, 5) is 28.4. The number of nitrogens with one attached hydrogen (secondary N) is 1. The van der Waals surface area contributed by atoms with Gasteiger partial charge in [0.25, 0.3) is 5.56 Å². The van der Waals surface area contributed by atoms with Crippen LogP contribution in [0.15, 0.2) is 29.1 Å². The molecule has 0 fully saturated rings. The first-order valence-corrected chi connectivity index (χ1v) is 6.61. The summed E-state index contributed by atoms with van der Waals surface area (Å²) in [6.45, 7) is 5.50. The number of ether oxygens (including phenoxy) is 1. The van der Waals surface area contributed by atoms with E-state index in [0.717, 1.165) is 18.5 Å². The predicted octanol–water partition coefficient (Wildman–Crippen LogP) is 2.16. The van der Waals surface area contributed by atoms with Gasteiger partial charge in [0.1, 0.15) is 5.69 Å². The third-order valence-corrected chi connectivity index (χ3v) is 3.35. The van der Waals surface area contributed by atoms with Gasteiger partial charge in [0, 0.05) is 24.0 Å². The van der Waals surface area contributed by atoms with Gasteiger partial charge in [-0.15, -0.1) is 0 Å². The van der Waals surface area contributed by atoms with Crippen LogP contribution in [0, 0.1) is 0 Å². The second-order valence-electron chi connectivity index (χ2n) is 4.45. The number of methoxy groups -OCH3 is 1. The third-order valence-electron chi connectivity index (χ3n) is 3.35. The fraction of sp³-hybridized carbons (Fsp3) is 0.333. The van der Waals surface area contributed by atoms with Crippen LogP contribution in [0.2, 0.25) is 0 Å². The van der Waals surface area contributed by atoms with E-state index >= 15 is 0 Å². The van der Waals surface area contributed by atoms with E-state index in [4.69, 9.17) is 4.74 Å². The van der Waals surface area contributed by atoms with E-state index in [1.807, 2.05) is 24.8 Å². The van der Waals surface area contributed by atoms with Gasteiger partial charge in [0.2, 0.25) is 0 Å². The summed E-state index contributed by atoms with van der Waals surface area (Å²) >= 11 is 0. The molecule has 0 aliphatic heterocycles. The molecule has 0 saturated carbocycles. The van der Waals surface area contributed by atoms with Gasteiger partial charge >= 0.3 is 5.97 Å². The average molecular weight is 274 g/mol. The van der Waals surface area contributed by atoms with Gasteiger partial charge < -0.3 is 14.6 Å². The summed E-state index contributed by atoms with van der Waals surface area (Å²) in [7, 11) is 1.35. The number of hydrogen-bond acceptors (Lipinski definition) is 4. The summed E-state index contributed by atoms with van der Waals surface area (Å²) in [5.41, 5.74) is 1.67. The summed E-state index contributed by atoms with van der Waals surface area (Å²) in [6, 6.07) is 6.90. The van der Waals surface area contributed by atoms with Crippen molar-refractivity contribution < 1.29 is 9.53 Å². The van der Waals surface area contributed by atoms with E-state index in [1.54, 1.807) is 18.2 Å². The van der Waals surface area contributed by atoms with Crippen LogP contribution in [0.4, 0.5) is 5.69 Å². The topological polar surface area (TPSA) is 62.4 Å². The number of aromatic nitrogens is 1. The molecular formula is C15H18N2O3. The fourth-order valence-electron chi connectivity index (χ4n) is 2.24. The van der Waals surface area contributed by atoms with Gasteiger partial charge in [-0.25, -0.2) is 4.79 Å². The minimum atomic E-state index is -0.387. The Bertz CT molecular complexity index is 687. The lowest BCUT2D eigenvalue weighted by Gasteiger charge is -2.20. The molecule has 1 aromatic carbocycles. The molecular weight excluding hydrogens is 256 g/mol. The molecule has 1 heterocycles. The van der Waals surface area contributed by atoms with Crippen molar-refractivity contribution in [3.8, 4) is 0 Å². The molecule has 106 valence electrons. The number of carbonyl (C=O) groups is 1. The lowest BCUT2D eigenvalue weighted by molar-refractivity contribution is 0.0601. The zero-order valence-electron chi connectivity index (χ0n) is 11.9. The molecule has 2 rings (SSSR count). The Morgan fingerprint density at radius 3 is 2.55 bits per heavy atom. The van der Waals surface area contributed by atoms with Gasteiger partial charge in [0.05, 0.1) is 12.7 Å². The van der Waals surface area contributed by atoms with Crippen molar-refractivity contribution in [3.05, 3.63) is 40.2 Å². The zero-order chi connectivity index (χ0) is 14.7. The van der Waals surface area contributed by atoms with E-state index in [-0.39, 0.29) is 11.5 Å². The van der Waals surface area contributed by atoms with Crippen LogP contribution < -0.4 is 10.5 Å². The van der Waals surface area contributed by atoms with Crippen molar-refractivity contribution >= 4 is 22.6 Å². The van der Waals surface area contributed by atoms with Crippen molar-refractivity contribution in [1.82, 2.24) is 4.98 Å². The molecule has 0 bridgehead atoms. The number of hydrogen-bond donors (Lipinski definition) is 1. The number of rotatable bonds is 4. The molecule has 0 aliphatic rings. The molecule has 5 heteroatoms.